The minimum Gasteiger partial charge on any atom is -0.294 e. The first-order valence-electron chi connectivity index (χ1n) is 6.01. The van der Waals surface area contributed by atoms with Crippen LogP contribution in [0.25, 0.3) is 0 Å². The lowest BCUT2D eigenvalue weighted by Gasteiger charge is -2.03. The van der Waals surface area contributed by atoms with E-state index in [0.29, 0.717) is 12.0 Å². The van der Waals surface area contributed by atoms with E-state index in [-0.39, 0.29) is 11.6 Å². The van der Waals surface area contributed by atoms with Crippen LogP contribution in [0.15, 0.2) is 52.3 Å². The van der Waals surface area contributed by atoms with Crippen molar-refractivity contribution in [1.82, 2.24) is 0 Å². The summed E-state index contributed by atoms with van der Waals surface area (Å²) in [4.78, 5) is 14.0. The molecule has 1 aliphatic rings. The third-order valence-corrected chi connectivity index (χ3v) is 3.98. The first-order chi connectivity index (χ1) is 10.2. The lowest BCUT2D eigenvalue weighted by molar-refractivity contribution is 0.0989. The fourth-order valence-electron chi connectivity index (χ4n) is 1.95. The summed E-state index contributed by atoms with van der Waals surface area (Å²) in [5, 5.41) is -3.22. The Bertz CT molecular complexity index is 755. The minimum atomic E-state index is -3.22. The molecule has 0 amide bonds. The molecule has 1 aliphatic heterocycles. The molecule has 0 saturated heterocycles. The Kier molecular flexibility index (Phi) is 5.98. The largest absolute Gasteiger partial charge is 0.339 e. The zero-order chi connectivity index (χ0) is 16.3. The standard InChI is InChI=1S/C14H9FOS.Cl3OP/c15-10-5-6-14-11(8-10)12(16)7-9-3-1-2-4-13(9)17-14;1-5(2,3)4/h1-6,8H,7H2;. The van der Waals surface area contributed by atoms with Crippen LogP contribution in [0.1, 0.15) is 15.9 Å². The Morgan fingerprint density at radius 3 is 2.36 bits per heavy atom. The topological polar surface area (TPSA) is 34.1 Å². The maximum atomic E-state index is 13.2. The number of Topliss-reactive ketones (excluding diaryl/α,β-unsaturated/α-hetero) is 1. The van der Waals surface area contributed by atoms with Crippen LogP contribution in [-0.2, 0) is 11.0 Å². The molecule has 0 unspecified atom stereocenters. The molecule has 2 nitrogen and oxygen atoms in total. The van der Waals surface area contributed by atoms with Crippen LogP contribution in [0.5, 0.6) is 0 Å². The Morgan fingerprint density at radius 1 is 1.05 bits per heavy atom. The Balaban J connectivity index is 0.000000309. The number of fused-ring (bicyclic) bond motifs is 2. The highest BCUT2D eigenvalue weighted by atomic mass is 36.0. The van der Waals surface area contributed by atoms with E-state index in [4.69, 9.17) is 0 Å². The second kappa shape index (κ2) is 7.37. The lowest BCUT2D eigenvalue weighted by Crippen LogP contribution is -2.03. The van der Waals surface area contributed by atoms with E-state index in [9.17, 15) is 13.8 Å². The molecule has 0 radical (unpaired) electrons. The van der Waals surface area contributed by atoms with Gasteiger partial charge < -0.3 is 0 Å². The second-order valence-corrected chi connectivity index (χ2v) is 12.1. The van der Waals surface area contributed by atoms with Gasteiger partial charge in [-0.05, 0) is 63.6 Å². The SMILES string of the molecule is O=C1Cc2ccccc2Sc2ccc(F)cc21.O=P(Cl)(Cl)Cl. The van der Waals surface area contributed by atoms with E-state index in [1.807, 2.05) is 24.3 Å². The van der Waals surface area contributed by atoms with Gasteiger partial charge in [-0.2, -0.15) is 0 Å². The van der Waals surface area contributed by atoms with Crippen LogP contribution in [0.4, 0.5) is 4.39 Å². The lowest BCUT2D eigenvalue weighted by atomic mass is 10.0. The molecule has 2 aromatic carbocycles. The number of hydrogen-bond acceptors (Lipinski definition) is 3. The van der Waals surface area contributed by atoms with Crippen molar-refractivity contribution in [2.75, 3.05) is 0 Å². The van der Waals surface area contributed by atoms with E-state index in [1.54, 1.807) is 6.07 Å². The predicted octanol–water partition coefficient (Wildman–Crippen LogP) is 6.53. The van der Waals surface area contributed by atoms with Gasteiger partial charge in [0.15, 0.2) is 5.78 Å². The molecule has 116 valence electrons. The van der Waals surface area contributed by atoms with E-state index in [1.165, 1.54) is 23.9 Å². The van der Waals surface area contributed by atoms with Crippen molar-refractivity contribution in [1.29, 1.82) is 0 Å². The van der Waals surface area contributed by atoms with Gasteiger partial charge in [0.2, 0.25) is 0 Å². The molecule has 0 bridgehead atoms. The van der Waals surface area contributed by atoms with Crippen LogP contribution in [0, 0.1) is 5.82 Å². The zero-order valence-corrected chi connectivity index (χ0v) is 14.9. The van der Waals surface area contributed by atoms with Crippen LogP contribution >= 0.6 is 50.7 Å². The third-order valence-electron chi connectivity index (χ3n) is 2.79. The highest BCUT2D eigenvalue weighted by Crippen LogP contribution is 2.61. The fourth-order valence-corrected chi connectivity index (χ4v) is 3.02. The van der Waals surface area contributed by atoms with Gasteiger partial charge >= 0.3 is 5.20 Å². The minimum absolute atomic E-state index is 0.0167. The number of hydrogen-bond donors (Lipinski definition) is 0. The Hall–Kier alpha value is -0.510. The normalized spacial score (nSPS) is 13.4. The number of rotatable bonds is 0. The smallest absolute Gasteiger partial charge is 0.294 e. The molecule has 22 heavy (non-hydrogen) atoms. The molecule has 0 aromatic heterocycles. The summed E-state index contributed by atoms with van der Waals surface area (Å²) in [5.41, 5.74) is 1.50. The summed E-state index contributed by atoms with van der Waals surface area (Å²) < 4.78 is 22.7. The van der Waals surface area contributed by atoms with Gasteiger partial charge in [0, 0.05) is 21.8 Å². The highest BCUT2D eigenvalue weighted by Gasteiger charge is 2.20. The zero-order valence-electron chi connectivity index (χ0n) is 10.9. The van der Waals surface area contributed by atoms with Gasteiger partial charge in [-0.1, -0.05) is 30.0 Å². The van der Waals surface area contributed by atoms with E-state index in [0.717, 1.165) is 15.4 Å². The molecule has 0 N–H and O–H groups in total. The van der Waals surface area contributed by atoms with E-state index in [2.05, 4.69) is 33.7 Å². The number of benzene rings is 2. The molecule has 0 atom stereocenters. The molecule has 3 rings (SSSR count). The first-order valence-corrected chi connectivity index (χ1v) is 11.3. The Morgan fingerprint density at radius 2 is 1.68 bits per heavy atom. The number of ketones is 1. The Labute approximate surface area is 145 Å². The van der Waals surface area contributed by atoms with Gasteiger partial charge in [-0.3, -0.25) is 9.36 Å². The summed E-state index contributed by atoms with van der Waals surface area (Å²) in [6.45, 7) is 0. The van der Waals surface area contributed by atoms with Crippen LogP contribution in [0.2, 0.25) is 0 Å². The molecule has 2 aromatic rings. The quantitative estimate of drug-likeness (QED) is 0.474. The third kappa shape index (κ3) is 5.29. The van der Waals surface area contributed by atoms with Crippen molar-refractivity contribution in [2.24, 2.45) is 0 Å². The summed E-state index contributed by atoms with van der Waals surface area (Å²) in [6, 6.07) is 12.2. The molecule has 0 aliphatic carbocycles. The first kappa shape index (κ1) is 17.8. The summed E-state index contributed by atoms with van der Waals surface area (Å²) in [6.07, 6.45) is 0.347. The summed E-state index contributed by atoms with van der Waals surface area (Å²) in [7, 11) is 0. The number of halogens is 4. The summed E-state index contributed by atoms with van der Waals surface area (Å²) >= 11 is 15.4. The molecular weight excluding hydrogens is 389 g/mol. The maximum Gasteiger partial charge on any atom is 0.339 e. The number of carbonyl (C=O) groups excluding carboxylic acids is 1. The average Bonchev–Trinajstić information content (AvgIpc) is 2.53. The van der Waals surface area contributed by atoms with E-state index >= 15 is 0 Å². The molecule has 0 fully saturated rings. The molecule has 8 heteroatoms. The molecule has 0 spiro atoms. The molecule has 0 saturated carbocycles. The van der Waals surface area contributed by atoms with Gasteiger partial charge in [0.05, 0.1) is 0 Å². The van der Waals surface area contributed by atoms with Gasteiger partial charge in [0.1, 0.15) is 5.82 Å². The maximum absolute atomic E-state index is 13.2. The summed E-state index contributed by atoms with van der Waals surface area (Å²) in [5.74, 6) is -0.374. The van der Waals surface area contributed by atoms with Crippen LogP contribution < -0.4 is 0 Å². The fraction of sp³-hybridized carbons (Fsp3) is 0.0714. The molecular formula is C14H9Cl3FO2PS. The second-order valence-electron chi connectivity index (χ2n) is 4.35. The van der Waals surface area contributed by atoms with Crippen molar-refractivity contribution < 1.29 is 13.8 Å². The highest BCUT2D eigenvalue weighted by molar-refractivity contribution is 8.24. The number of carbonyl (C=O) groups is 1. The van der Waals surface area contributed by atoms with Crippen molar-refractivity contribution in [3.63, 3.8) is 0 Å². The van der Waals surface area contributed by atoms with Gasteiger partial charge in [-0.15, -0.1) is 0 Å². The van der Waals surface area contributed by atoms with Crippen molar-refractivity contribution >= 4 is 56.5 Å². The van der Waals surface area contributed by atoms with Crippen LogP contribution in [-0.4, -0.2) is 5.78 Å². The molecule has 1 heterocycles. The average molecular weight is 398 g/mol. The van der Waals surface area contributed by atoms with Crippen LogP contribution in [0.3, 0.4) is 0 Å². The van der Waals surface area contributed by atoms with Crippen molar-refractivity contribution in [2.45, 2.75) is 16.2 Å². The van der Waals surface area contributed by atoms with E-state index < -0.39 is 5.20 Å². The van der Waals surface area contributed by atoms with Gasteiger partial charge in [0.25, 0.3) is 0 Å². The van der Waals surface area contributed by atoms with Gasteiger partial charge in [-0.25, -0.2) is 4.39 Å². The van der Waals surface area contributed by atoms with Crippen molar-refractivity contribution in [3.8, 4) is 0 Å². The predicted molar refractivity (Wildman–Crippen MR) is 90.2 cm³/mol. The monoisotopic (exact) mass is 396 g/mol. The van der Waals surface area contributed by atoms with Crippen molar-refractivity contribution in [3.05, 3.63) is 59.4 Å².